The van der Waals surface area contributed by atoms with Gasteiger partial charge >= 0.3 is 0 Å². The van der Waals surface area contributed by atoms with Crippen LogP contribution < -0.4 is 5.32 Å². The first-order valence-corrected chi connectivity index (χ1v) is 7.56. The van der Waals surface area contributed by atoms with Gasteiger partial charge in [0, 0.05) is 37.0 Å². The number of anilines is 1. The second-order valence-corrected chi connectivity index (χ2v) is 5.64. The van der Waals surface area contributed by atoms with Crippen molar-refractivity contribution in [1.29, 1.82) is 0 Å². The topological polar surface area (TPSA) is 45.5 Å². The van der Waals surface area contributed by atoms with E-state index in [9.17, 15) is 0 Å². The normalized spacial score (nSPS) is 17.7. The molecule has 2 aromatic rings. The summed E-state index contributed by atoms with van der Waals surface area (Å²) in [5.41, 5.74) is 1.94. The Morgan fingerprint density at radius 1 is 1.35 bits per heavy atom. The van der Waals surface area contributed by atoms with Gasteiger partial charge in [-0.2, -0.15) is 9.61 Å². The SMILES string of the molecule is CCCN1CCC(Nc2cc(C)nc3ccnn23)CC1. The summed E-state index contributed by atoms with van der Waals surface area (Å²) in [5, 5.41) is 8.00. The van der Waals surface area contributed by atoms with Crippen LogP contribution in [0.1, 0.15) is 31.9 Å². The standard InChI is InChI=1S/C15H23N5/c1-3-8-19-9-5-13(6-10-19)18-15-11-12(2)17-14-4-7-16-20(14)15/h4,7,11,13,18H,3,5-6,8-10H2,1-2H3. The highest BCUT2D eigenvalue weighted by atomic mass is 15.3. The maximum atomic E-state index is 4.48. The summed E-state index contributed by atoms with van der Waals surface area (Å²) in [7, 11) is 0. The highest BCUT2D eigenvalue weighted by Crippen LogP contribution is 2.18. The van der Waals surface area contributed by atoms with Crippen LogP contribution in [-0.2, 0) is 0 Å². The van der Waals surface area contributed by atoms with Gasteiger partial charge < -0.3 is 10.2 Å². The van der Waals surface area contributed by atoms with Crippen LogP contribution in [0.4, 0.5) is 5.82 Å². The minimum absolute atomic E-state index is 0.539. The van der Waals surface area contributed by atoms with Crippen molar-refractivity contribution in [3.05, 3.63) is 24.0 Å². The summed E-state index contributed by atoms with van der Waals surface area (Å²) in [6.45, 7) is 7.89. The Hall–Kier alpha value is -1.62. The van der Waals surface area contributed by atoms with Gasteiger partial charge in [-0.1, -0.05) is 6.92 Å². The highest BCUT2D eigenvalue weighted by Gasteiger charge is 2.19. The fourth-order valence-corrected chi connectivity index (χ4v) is 2.97. The van der Waals surface area contributed by atoms with Crippen LogP contribution in [0.2, 0.25) is 0 Å². The fraction of sp³-hybridized carbons (Fsp3) is 0.600. The number of nitrogens with zero attached hydrogens (tertiary/aromatic N) is 4. The fourth-order valence-electron chi connectivity index (χ4n) is 2.97. The van der Waals surface area contributed by atoms with Gasteiger partial charge in [0.05, 0.1) is 6.20 Å². The van der Waals surface area contributed by atoms with E-state index in [1.54, 1.807) is 6.20 Å². The smallest absolute Gasteiger partial charge is 0.157 e. The molecule has 3 rings (SSSR count). The van der Waals surface area contributed by atoms with Gasteiger partial charge in [0.25, 0.3) is 0 Å². The number of hydrogen-bond donors (Lipinski definition) is 1. The molecule has 0 atom stereocenters. The van der Waals surface area contributed by atoms with E-state index in [2.05, 4.69) is 33.3 Å². The van der Waals surface area contributed by atoms with Crippen molar-refractivity contribution in [2.75, 3.05) is 25.0 Å². The lowest BCUT2D eigenvalue weighted by Gasteiger charge is -2.32. The van der Waals surface area contributed by atoms with E-state index in [1.807, 2.05) is 17.5 Å². The van der Waals surface area contributed by atoms with E-state index in [1.165, 1.54) is 38.9 Å². The molecule has 20 heavy (non-hydrogen) atoms. The average molecular weight is 273 g/mol. The number of aryl methyl sites for hydroxylation is 1. The number of fused-ring (bicyclic) bond motifs is 1. The van der Waals surface area contributed by atoms with Crippen LogP contribution in [0.25, 0.3) is 5.65 Å². The Morgan fingerprint density at radius 2 is 2.15 bits per heavy atom. The molecule has 1 N–H and O–H groups in total. The first-order valence-electron chi connectivity index (χ1n) is 7.56. The van der Waals surface area contributed by atoms with Crippen LogP contribution in [-0.4, -0.2) is 45.2 Å². The second kappa shape index (κ2) is 5.79. The van der Waals surface area contributed by atoms with Gasteiger partial charge in [-0.05, 0) is 32.7 Å². The summed E-state index contributed by atoms with van der Waals surface area (Å²) in [5.74, 6) is 1.06. The third kappa shape index (κ3) is 2.77. The van der Waals surface area contributed by atoms with Gasteiger partial charge in [-0.25, -0.2) is 4.98 Å². The summed E-state index contributed by atoms with van der Waals surface area (Å²) >= 11 is 0. The molecule has 0 saturated carbocycles. The molecule has 0 spiro atoms. The van der Waals surface area contributed by atoms with Crippen molar-refractivity contribution in [2.24, 2.45) is 0 Å². The van der Waals surface area contributed by atoms with Crippen molar-refractivity contribution in [2.45, 2.75) is 39.2 Å². The molecular formula is C15H23N5. The van der Waals surface area contributed by atoms with Crippen molar-refractivity contribution in [3.63, 3.8) is 0 Å². The molecule has 3 heterocycles. The number of hydrogen-bond acceptors (Lipinski definition) is 4. The first-order chi connectivity index (χ1) is 9.76. The Kier molecular flexibility index (Phi) is 3.87. The number of piperidine rings is 1. The maximum Gasteiger partial charge on any atom is 0.157 e. The van der Waals surface area contributed by atoms with Crippen LogP contribution in [0.3, 0.4) is 0 Å². The average Bonchev–Trinajstić information content (AvgIpc) is 2.89. The van der Waals surface area contributed by atoms with Crippen molar-refractivity contribution in [3.8, 4) is 0 Å². The second-order valence-electron chi connectivity index (χ2n) is 5.64. The zero-order valence-corrected chi connectivity index (χ0v) is 12.3. The van der Waals surface area contributed by atoms with Crippen LogP contribution in [0, 0.1) is 6.92 Å². The molecule has 1 aliphatic rings. The Morgan fingerprint density at radius 3 is 2.90 bits per heavy atom. The van der Waals surface area contributed by atoms with E-state index in [0.29, 0.717) is 6.04 Å². The summed E-state index contributed by atoms with van der Waals surface area (Å²) in [4.78, 5) is 7.03. The molecule has 0 aromatic carbocycles. The minimum Gasteiger partial charge on any atom is -0.367 e. The Labute approximate surface area is 120 Å². The molecule has 0 aliphatic carbocycles. The molecule has 5 heteroatoms. The molecule has 0 unspecified atom stereocenters. The molecular weight excluding hydrogens is 250 g/mol. The Bertz CT molecular complexity index is 569. The molecule has 0 amide bonds. The van der Waals surface area contributed by atoms with E-state index in [-0.39, 0.29) is 0 Å². The summed E-state index contributed by atoms with van der Waals surface area (Å²) in [6, 6.07) is 4.57. The van der Waals surface area contributed by atoms with Gasteiger partial charge in [0.1, 0.15) is 5.82 Å². The first kappa shape index (κ1) is 13.4. The number of aromatic nitrogens is 3. The van der Waals surface area contributed by atoms with E-state index < -0.39 is 0 Å². The molecule has 1 saturated heterocycles. The molecule has 5 nitrogen and oxygen atoms in total. The third-order valence-corrected chi connectivity index (χ3v) is 3.97. The third-order valence-electron chi connectivity index (χ3n) is 3.97. The molecule has 0 bridgehead atoms. The summed E-state index contributed by atoms with van der Waals surface area (Å²) in [6.07, 6.45) is 5.45. The molecule has 1 fully saturated rings. The lowest BCUT2D eigenvalue weighted by atomic mass is 10.0. The predicted molar refractivity (Wildman–Crippen MR) is 81.1 cm³/mol. The number of rotatable bonds is 4. The van der Waals surface area contributed by atoms with Gasteiger partial charge in [0.15, 0.2) is 5.65 Å². The Balaban J connectivity index is 1.69. The highest BCUT2D eigenvalue weighted by molar-refractivity contribution is 5.49. The predicted octanol–water partition coefficient (Wildman–Crippen LogP) is 2.32. The largest absolute Gasteiger partial charge is 0.367 e. The number of likely N-dealkylation sites (tertiary alicyclic amines) is 1. The van der Waals surface area contributed by atoms with Crippen LogP contribution in [0.5, 0.6) is 0 Å². The van der Waals surface area contributed by atoms with Crippen LogP contribution in [0.15, 0.2) is 18.3 Å². The van der Waals surface area contributed by atoms with Crippen molar-refractivity contribution >= 4 is 11.5 Å². The molecule has 1 aliphatic heterocycles. The van der Waals surface area contributed by atoms with Gasteiger partial charge in [-0.15, -0.1) is 0 Å². The quantitative estimate of drug-likeness (QED) is 0.928. The number of nitrogens with one attached hydrogen (secondary N) is 1. The maximum absolute atomic E-state index is 4.48. The molecule has 108 valence electrons. The van der Waals surface area contributed by atoms with Gasteiger partial charge in [0.2, 0.25) is 0 Å². The van der Waals surface area contributed by atoms with Crippen molar-refractivity contribution < 1.29 is 0 Å². The summed E-state index contributed by atoms with van der Waals surface area (Å²) < 4.78 is 1.89. The van der Waals surface area contributed by atoms with E-state index in [4.69, 9.17) is 0 Å². The molecule has 0 radical (unpaired) electrons. The lowest BCUT2D eigenvalue weighted by molar-refractivity contribution is 0.219. The lowest BCUT2D eigenvalue weighted by Crippen LogP contribution is -2.39. The van der Waals surface area contributed by atoms with E-state index >= 15 is 0 Å². The van der Waals surface area contributed by atoms with Gasteiger partial charge in [-0.3, -0.25) is 0 Å². The zero-order chi connectivity index (χ0) is 13.9. The zero-order valence-electron chi connectivity index (χ0n) is 12.3. The minimum atomic E-state index is 0.539. The van der Waals surface area contributed by atoms with Crippen LogP contribution >= 0.6 is 0 Å². The molecule has 2 aromatic heterocycles. The monoisotopic (exact) mass is 273 g/mol. The van der Waals surface area contributed by atoms with E-state index in [0.717, 1.165) is 17.2 Å². The van der Waals surface area contributed by atoms with Crippen molar-refractivity contribution in [1.82, 2.24) is 19.5 Å².